The van der Waals surface area contributed by atoms with Crippen molar-refractivity contribution in [1.29, 1.82) is 0 Å². The normalized spacial score (nSPS) is 11.0. The van der Waals surface area contributed by atoms with E-state index in [1.807, 2.05) is 60.0 Å². The molecule has 0 atom stereocenters. The summed E-state index contributed by atoms with van der Waals surface area (Å²) in [5.41, 5.74) is 1.82. The van der Waals surface area contributed by atoms with Crippen molar-refractivity contribution in [2.45, 2.75) is 17.8 Å². The van der Waals surface area contributed by atoms with Gasteiger partial charge in [0, 0.05) is 11.3 Å². The van der Waals surface area contributed by atoms with Gasteiger partial charge in [-0.1, -0.05) is 11.8 Å². The Bertz CT molecular complexity index is 1350. The molecule has 0 saturated heterocycles. The maximum atomic E-state index is 5.73. The van der Waals surface area contributed by atoms with Gasteiger partial charge in [0.2, 0.25) is 5.89 Å². The van der Waals surface area contributed by atoms with Gasteiger partial charge in [-0.05, 0) is 67.6 Å². The van der Waals surface area contributed by atoms with E-state index in [9.17, 15) is 0 Å². The first-order valence-corrected chi connectivity index (χ1v) is 11.6. The molecule has 10 heteroatoms. The Balaban J connectivity index is 1.45. The molecule has 3 heterocycles. The van der Waals surface area contributed by atoms with Crippen LogP contribution in [-0.2, 0) is 5.75 Å². The first kappa shape index (κ1) is 21.8. The third-order valence-corrected chi connectivity index (χ3v) is 5.82. The van der Waals surface area contributed by atoms with Gasteiger partial charge in [-0.15, -0.1) is 20.4 Å². The molecule has 0 amide bonds. The molecule has 0 saturated carbocycles. The number of nitrogens with zero attached hydrogens (tertiary/aromatic N) is 5. The van der Waals surface area contributed by atoms with Gasteiger partial charge in [0.15, 0.2) is 16.7 Å². The molecule has 3 aromatic heterocycles. The van der Waals surface area contributed by atoms with Crippen molar-refractivity contribution < 1.29 is 18.3 Å². The molecule has 0 radical (unpaired) electrons. The van der Waals surface area contributed by atoms with Crippen molar-refractivity contribution in [3.63, 3.8) is 0 Å². The van der Waals surface area contributed by atoms with Crippen LogP contribution in [0.25, 0.3) is 28.7 Å². The second kappa shape index (κ2) is 9.84. The van der Waals surface area contributed by atoms with Gasteiger partial charge >= 0.3 is 0 Å². The molecule has 0 aliphatic rings. The van der Waals surface area contributed by atoms with Crippen LogP contribution in [0.5, 0.6) is 11.5 Å². The smallest absolute Gasteiger partial charge is 0.283 e. The Morgan fingerprint density at radius 1 is 0.912 bits per heavy atom. The molecule has 0 aliphatic carbocycles. The zero-order valence-corrected chi connectivity index (χ0v) is 19.4. The molecule has 172 valence electrons. The quantitative estimate of drug-likeness (QED) is 0.264. The average molecular weight is 476 g/mol. The van der Waals surface area contributed by atoms with Crippen molar-refractivity contribution in [1.82, 2.24) is 25.0 Å². The van der Waals surface area contributed by atoms with E-state index in [-0.39, 0.29) is 0 Å². The SMILES string of the molecule is CCOc1ccc(-n2c(SCc3nnc(-c4ccco4)o3)nnc2-c2ccc(OC)cc2)cc1. The number of thioether (sulfide) groups is 1. The molecule has 5 aromatic rings. The van der Waals surface area contributed by atoms with Gasteiger partial charge in [-0.3, -0.25) is 4.57 Å². The molecule has 0 fully saturated rings. The highest BCUT2D eigenvalue weighted by atomic mass is 32.2. The molecule has 34 heavy (non-hydrogen) atoms. The zero-order valence-electron chi connectivity index (χ0n) is 18.5. The van der Waals surface area contributed by atoms with Gasteiger partial charge in [0.25, 0.3) is 5.89 Å². The Hall–Kier alpha value is -4.05. The summed E-state index contributed by atoms with van der Waals surface area (Å²) < 4.78 is 23.9. The fourth-order valence-electron chi connectivity index (χ4n) is 3.32. The summed E-state index contributed by atoms with van der Waals surface area (Å²) in [6, 6.07) is 19.1. The van der Waals surface area contributed by atoms with Crippen molar-refractivity contribution >= 4 is 11.8 Å². The fraction of sp³-hybridized carbons (Fsp3) is 0.167. The van der Waals surface area contributed by atoms with E-state index < -0.39 is 0 Å². The van der Waals surface area contributed by atoms with Crippen LogP contribution in [0.3, 0.4) is 0 Å². The lowest BCUT2D eigenvalue weighted by Crippen LogP contribution is -2.00. The third-order valence-electron chi connectivity index (χ3n) is 4.91. The topological polar surface area (TPSA) is 101 Å². The van der Waals surface area contributed by atoms with Crippen LogP contribution in [0, 0.1) is 0 Å². The monoisotopic (exact) mass is 475 g/mol. The van der Waals surface area contributed by atoms with Gasteiger partial charge in [0.05, 0.1) is 25.7 Å². The number of hydrogen-bond donors (Lipinski definition) is 0. The van der Waals surface area contributed by atoms with Crippen molar-refractivity contribution in [2.75, 3.05) is 13.7 Å². The highest BCUT2D eigenvalue weighted by molar-refractivity contribution is 7.98. The van der Waals surface area contributed by atoms with Gasteiger partial charge in [-0.2, -0.15) is 0 Å². The Labute approximate surface area is 199 Å². The van der Waals surface area contributed by atoms with Crippen LogP contribution in [0.15, 0.2) is 80.9 Å². The van der Waals surface area contributed by atoms with E-state index >= 15 is 0 Å². The third kappa shape index (κ3) is 4.53. The summed E-state index contributed by atoms with van der Waals surface area (Å²) in [4.78, 5) is 0. The molecule has 0 unspecified atom stereocenters. The van der Waals surface area contributed by atoms with Crippen molar-refractivity contribution in [2.24, 2.45) is 0 Å². The Morgan fingerprint density at radius 2 is 1.71 bits per heavy atom. The molecular formula is C24H21N5O4S. The minimum Gasteiger partial charge on any atom is -0.497 e. The summed E-state index contributed by atoms with van der Waals surface area (Å²) in [5.74, 6) is 4.03. The Morgan fingerprint density at radius 3 is 2.41 bits per heavy atom. The molecule has 0 N–H and O–H groups in total. The summed E-state index contributed by atoms with van der Waals surface area (Å²) in [5, 5.41) is 17.8. The van der Waals surface area contributed by atoms with E-state index in [2.05, 4.69) is 20.4 Å². The first-order chi connectivity index (χ1) is 16.7. The van der Waals surface area contributed by atoms with E-state index in [4.69, 9.17) is 18.3 Å². The number of benzene rings is 2. The summed E-state index contributed by atoms with van der Waals surface area (Å²) in [6.07, 6.45) is 1.56. The number of rotatable bonds is 9. The predicted molar refractivity (Wildman–Crippen MR) is 126 cm³/mol. The lowest BCUT2D eigenvalue weighted by molar-refractivity contribution is 0.340. The molecule has 0 spiro atoms. The van der Waals surface area contributed by atoms with E-state index in [1.165, 1.54) is 11.8 Å². The fourth-order valence-corrected chi connectivity index (χ4v) is 4.11. The predicted octanol–water partition coefficient (Wildman–Crippen LogP) is 5.28. The van der Waals surface area contributed by atoms with Crippen LogP contribution in [-0.4, -0.2) is 38.7 Å². The second-order valence-corrected chi connectivity index (χ2v) is 8.01. The molecule has 0 bridgehead atoms. The molecular weight excluding hydrogens is 454 g/mol. The first-order valence-electron chi connectivity index (χ1n) is 10.6. The van der Waals surface area contributed by atoms with Crippen LogP contribution in [0.4, 0.5) is 0 Å². The molecule has 9 nitrogen and oxygen atoms in total. The van der Waals surface area contributed by atoms with E-state index in [0.717, 1.165) is 22.7 Å². The van der Waals surface area contributed by atoms with Gasteiger partial charge in [0.1, 0.15) is 11.5 Å². The second-order valence-electron chi connectivity index (χ2n) is 7.06. The van der Waals surface area contributed by atoms with E-state index in [0.29, 0.717) is 40.9 Å². The molecule has 0 aliphatic heterocycles. The number of furan rings is 1. The number of hydrogen-bond acceptors (Lipinski definition) is 9. The summed E-state index contributed by atoms with van der Waals surface area (Å²) in [6.45, 7) is 2.56. The minimum absolute atomic E-state index is 0.340. The minimum atomic E-state index is 0.340. The molecule has 5 rings (SSSR count). The highest BCUT2D eigenvalue weighted by Crippen LogP contribution is 2.31. The maximum Gasteiger partial charge on any atom is 0.283 e. The zero-order chi connectivity index (χ0) is 23.3. The van der Waals surface area contributed by atoms with Crippen molar-refractivity contribution in [3.8, 4) is 40.2 Å². The Kier molecular flexibility index (Phi) is 6.30. The lowest BCUT2D eigenvalue weighted by Gasteiger charge is -2.11. The average Bonchev–Trinajstić information content (AvgIpc) is 3.64. The largest absolute Gasteiger partial charge is 0.497 e. The number of methoxy groups -OCH3 is 1. The maximum absolute atomic E-state index is 5.73. The van der Waals surface area contributed by atoms with E-state index in [1.54, 1.807) is 25.5 Å². The van der Waals surface area contributed by atoms with Crippen LogP contribution in [0.1, 0.15) is 12.8 Å². The molecule has 2 aromatic carbocycles. The standard InChI is InChI=1S/C24H21N5O4S/c1-3-31-19-12-8-17(9-13-19)29-22(16-6-10-18(30-2)11-7-16)26-28-24(29)34-15-21-25-27-23(33-21)20-5-4-14-32-20/h4-14H,3,15H2,1-2H3. The lowest BCUT2D eigenvalue weighted by atomic mass is 10.2. The summed E-state index contributed by atoms with van der Waals surface area (Å²) >= 11 is 1.45. The highest BCUT2D eigenvalue weighted by Gasteiger charge is 2.18. The number of aromatic nitrogens is 5. The van der Waals surface area contributed by atoms with Crippen molar-refractivity contribution in [3.05, 3.63) is 72.8 Å². The van der Waals surface area contributed by atoms with Gasteiger partial charge in [-0.25, -0.2) is 0 Å². The number of ether oxygens (including phenoxy) is 2. The van der Waals surface area contributed by atoms with Crippen LogP contribution >= 0.6 is 11.8 Å². The van der Waals surface area contributed by atoms with Crippen LogP contribution in [0.2, 0.25) is 0 Å². The van der Waals surface area contributed by atoms with Gasteiger partial charge < -0.3 is 18.3 Å². The summed E-state index contributed by atoms with van der Waals surface area (Å²) in [7, 11) is 1.64. The van der Waals surface area contributed by atoms with Crippen LogP contribution < -0.4 is 9.47 Å².